The number of carbonyl (C=O) groups excluding carboxylic acids is 2. The van der Waals surface area contributed by atoms with Crippen LogP contribution in [-0.2, 0) is 9.59 Å². The molecule has 1 unspecified atom stereocenters. The van der Waals surface area contributed by atoms with Crippen molar-refractivity contribution >= 4 is 11.8 Å². The summed E-state index contributed by atoms with van der Waals surface area (Å²) in [5.41, 5.74) is 0. The first-order valence-corrected chi connectivity index (χ1v) is 11.7. The first kappa shape index (κ1) is 20.1. The Bertz CT molecular complexity index is 549. The van der Waals surface area contributed by atoms with Crippen molar-refractivity contribution in [3.05, 3.63) is 0 Å². The van der Waals surface area contributed by atoms with Crippen LogP contribution in [0.2, 0.25) is 0 Å². The summed E-state index contributed by atoms with van der Waals surface area (Å²) < 4.78 is 0. The van der Waals surface area contributed by atoms with Crippen LogP contribution in [0.1, 0.15) is 64.2 Å². The molecule has 0 bridgehead atoms. The molecule has 6 heteroatoms. The summed E-state index contributed by atoms with van der Waals surface area (Å²) in [6, 6.07) is 1.16. The fourth-order valence-electron chi connectivity index (χ4n) is 5.30. The topological polar surface area (TPSA) is 55.9 Å². The molecule has 1 atom stereocenters. The predicted molar refractivity (Wildman–Crippen MR) is 110 cm³/mol. The van der Waals surface area contributed by atoms with Crippen molar-refractivity contribution in [1.29, 1.82) is 0 Å². The molecule has 3 saturated heterocycles. The summed E-state index contributed by atoms with van der Waals surface area (Å²) in [5, 5.41) is 3.17. The van der Waals surface area contributed by atoms with E-state index in [4.69, 9.17) is 0 Å². The van der Waals surface area contributed by atoms with Gasteiger partial charge in [0, 0.05) is 31.1 Å². The average molecular weight is 391 g/mol. The molecule has 0 aromatic rings. The first-order valence-electron chi connectivity index (χ1n) is 11.7. The molecule has 1 N–H and O–H groups in total. The summed E-state index contributed by atoms with van der Waals surface area (Å²) in [6.45, 7) is 4.92. The van der Waals surface area contributed by atoms with Gasteiger partial charge in [-0.2, -0.15) is 0 Å². The van der Waals surface area contributed by atoms with E-state index in [1.807, 2.05) is 0 Å². The molecule has 3 aliphatic heterocycles. The summed E-state index contributed by atoms with van der Waals surface area (Å²) in [5.74, 6) is 0.859. The molecule has 158 valence electrons. The van der Waals surface area contributed by atoms with Crippen LogP contribution >= 0.6 is 0 Å². The van der Waals surface area contributed by atoms with Crippen molar-refractivity contribution in [1.82, 2.24) is 20.0 Å². The second-order valence-electron chi connectivity index (χ2n) is 9.50. The molecule has 4 fully saturated rings. The van der Waals surface area contributed by atoms with E-state index >= 15 is 0 Å². The van der Waals surface area contributed by atoms with Gasteiger partial charge in [0.2, 0.25) is 11.8 Å². The van der Waals surface area contributed by atoms with Crippen molar-refractivity contribution in [3.63, 3.8) is 0 Å². The van der Waals surface area contributed by atoms with Crippen LogP contribution in [-0.4, -0.2) is 84.4 Å². The molecule has 1 aliphatic carbocycles. The smallest absolute Gasteiger partial charge is 0.239 e. The van der Waals surface area contributed by atoms with E-state index in [0.29, 0.717) is 18.0 Å². The Labute approximate surface area is 170 Å². The second kappa shape index (κ2) is 9.12. The number of likely N-dealkylation sites (tertiary alicyclic amines) is 3. The van der Waals surface area contributed by atoms with Crippen LogP contribution in [0.3, 0.4) is 0 Å². The van der Waals surface area contributed by atoms with Crippen molar-refractivity contribution in [2.45, 2.75) is 82.3 Å². The largest absolute Gasteiger partial charge is 0.353 e. The summed E-state index contributed by atoms with van der Waals surface area (Å²) in [7, 11) is 2.12. The maximum atomic E-state index is 13.0. The monoisotopic (exact) mass is 390 g/mol. The van der Waals surface area contributed by atoms with E-state index in [2.05, 4.69) is 27.1 Å². The van der Waals surface area contributed by atoms with E-state index in [9.17, 15) is 9.59 Å². The fraction of sp³-hybridized carbons (Fsp3) is 0.909. The van der Waals surface area contributed by atoms with Crippen molar-refractivity contribution in [2.24, 2.45) is 5.92 Å². The number of amides is 2. The average Bonchev–Trinajstić information content (AvgIpc) is 3.56. The van der Waals surface area contributed by atoms with Gasteiger partial charge in [0.15, 0.2) is 0 Å². The van der Waals surface area contributed by atoms with Gasteiger partial charge in [-0.3, -0.25) is 14.5 Å². The molecule has 2 amide bonds. The number of rotatable bonds is 4. The Hall–Kier alpha value is -1.14. The van der Waals surface area contributed by atoms with Gasteiger partial charge in [-0.05, 0) is 78.0 Å². The van der Waals surface area contributed by atoms with Crippen molar-refractivity contribution < 1.29 is 9.59 Å². The normalized spacial score (nSPS) is 29.5. The lowest BCUT2D eigenvalue weighted by Gasteiger charge is -2.42. The number of nitrogens with zero attached hydrogens (tertiary/aromatic N) is 3. The van der Waals surface area contributed by atoms with Gasteiger partial charge in [0.25, 0.3) is 0 Å². The van der Waals surface area contributed by atoms with Crippen LogP contribution in [0.25, 0.3) is 0 Å². The minimum atomic E-state index is 0.0970. The highest BCUT2D eigenvalue weighted by atomic mass is 16.2. The quantitative estimate of drug-likeness (QED) is 0.796. The lowest BCUT2D eigenvalue weighted by atomic mass is 9.92. The zero-order valence-electron chi connectivity index (χ0n) is 17.6. The minimum absolute atomic E-state index is 0.0970. The zero-order valence-corrected chi connectivity index (χ0v) is 17.6. The van der Waals surface area contributed by atoms with Gasteiger partial charge in [0.05, 0.1) is 6.04 Å². The van der Waals surface area contributed by atoms with Crippen LogP contribution < -0.4 is 5.32 Å². The van der Waals surface area contributed by atoms with E-state index in [-0.39, 0.29) is 17.9 Å². The number of nitrogens with one attached hydrogen (secondary N) is 1. The number of hydrogen-bond donors (Lipinski definition) is 1. The maximum absolute atomic E-state index is 13.0. The highest BCUT2D eigenvalue weighted by molar-refractivity contribution is 5.82. The molecule has 6 nitrogen and oxygen atoms in total. The number of carbonyl (C=O) groups is 2. The van der Waals surface area contributed by atoms with E-state index < -0.39 is 0 Å². The molecule has 28 heavy (non-hydrogen) atoms. The molecule has 0 spiro atoms. The Morgan fingerprint density at radius 3 is 2.18 bits per heavy atom. The number of hydrogen-bond acceptors (Lipinski definition) is 4. The molecule has 0 radical (unpaired) electrons. The van der Waals surface area contributed by atoms with E-state index in [1.165, 1.54) is 32.1 Å². The maximum Gasteiger partial charge on any atom is 0.239 e. The third-order valence-electron chi connectivity index (χ3n) is 7.42. The lowest BCUT2D eigenvalue weighted by molar-refractivity contribution is -0.138. The molecule has 4 aliphatic rings. The number of likely N-dealkylation sites (N-methyl/N-ethyl adjacent to an activating group) is 1. The summed E-state index contributed by atoms with van der Waals surface area (Å²) >= 11 is 0. The van der Waals surface area contributed by atoms with Crippen LogP contribution in [0.5, 0.6) is 0 Å². The highest BCUT2D eigenvalue weighted by Crippen LogP contribution is 2.27. The Morgan fingerprint density at radius 1 is 0.786 bits per heavy atom. The highest BCUT2D eigenvalue weighted by Gasteiger charge is 2.35. The van der Waals surface area contributed by atoms with E-state index in [0.717, 1.165) is 64.8 Å². The molecule has 0 aromatic carbocycles. The van der Waals surface area contributed by atoms with Crippen LogP contribution in [0.4, 0.5) is 0 Å². The summed E-state index contributed by atoms with van der Waals surface area (Å²) in [6.07, 6.45) is 11.2. The minimum Gasteiger partial charge on any atom is -0.353 e. The van der Waals surface area contributed by atoms with Gasteiger partial charge in [-0.25, -0.2) is 0 Å². The molecular formula is C22H38N4O2. The van der Waals surface area contributed by atoms with Gasteiger partial charge in [-0.15, -0.1) is 0 Å². The molecule has 3 heterocycles. The molecule has 1 saturated carbocycles. The number of piperidine rings is 2. The Morgan fingerprint density at radius 2 is 1.50 bits per heavy atom. The predicted octanol–water partition coefficient (Wildman–Crippen LogP) is 1.84. The molecule has 4 rings (SSSR count). The van der Waals surface area contributed by atoms with Gasteiger partial charge < -0.3 is 15.1 Å². The standard InChI is InChI=1S/C22H38N4O2/c1-24-12-4-2-3-5-20(24)22(28)26-15-10-19(11-16-26)25-13-8-17(9-14-25)21(27)23-18-6-7-18/h17-20H,2-16H2,1H3,(H,23,27). The SMILES string of the molecule is CN1CCCCCC1C(=O)N1CCC(N2CCC(C(=O)NC3CC3)CC2)CC1. The van der Waals surface area contributed by atoms with Crippen LogP contribution in [0.15, 0.2) is 0 Å². The van der Waals surface area contributed by atoms with Crippen molar-refractivity contribution in [3.8, 4) is 0 Å². The van der Waals surface area contributed by atoms with Gasteiger partial charge >= 0.3 is 0 Å². The third kappa shape index (κ3) is 4.88. The van der Waals surface area contributed by atoms with Gasteiger partial charge in [0.1, 0.15) is 0 Å². The third-order valence-corrected chi connectivity index (χ3v) is 7.42. The first-order chi connectivity index (χ1) is 13.6. The molecule has 0 aromatic heterocycles. The van der Waals surface area contributed by atoms with Gasteiger partial charge in [-0.1, -0.05) is 12.8 Å². The van der Waals surface area contributed by atoms with E-state index in [1.54, 1.807) is 0 Å². The second-order valence-corrected chi connectivity index (χ2v) is 9.50. The fourth-order valence-corrected chi connectivity index (χ4v) is 5.30. The van der Waals surface area contributed by atoms with Crippen LogP contribution in [0, 0.1) is 5.92 Å². The summed E-state index contributed by atoms with van der Waals surface area (Å²) in [4.78, 5) is 32.3. The molecular weight excluding hydrogens is 352 g/mol. The Balaban J connectivity index is 1.21. The Kier molecular flexibility index (Phi) is 6.56. The van der Waals surface area contributed by atoms with Crippen molar-refractivity contribution in [2.75, 3.05) is 39.8 Å². The lowest BCUT2D eigenvalue weighted by Crippen LogP contribution is -2.53. The zero-order chi connectivity index (χ0) is 19.5.